The largest absolute Gasteiger partial charge is 0.504 e. The topological polar surface area (TPSA) is 113 Å². The lowest BCUT2D eigenvalue weighted by Crippen LogP contribution is -2.12. The molecule has 0 atom stereocenters. The summed E-state index contributed by atoms with van der Waals surface area (Å²) in [6.07, 6.45) is -3.94. The van der Waals surface area contributed by atoms with Gasteiger partial charge in [0.15, 0.2) is 5.76 Å². The minimum Gasteiger partial charge on any atom is -0.504 e. The zero-order valence-electron chi connectivity index (χ0n) is 13.7. The Morgan fingerprint density at radius 1 is 1.35 bits per heavy atom. The molecular weight excluding hydrogens is 357 g/mol. The van der Waals surface area contributed by atoms with Crippen LogP contribution in [0.25, 0.3) is 0 Å². The van der Waals surface area contributed by atoms with Crippen LogP contribution in [0, 0.1) is 10.1 Å². The fourth-order valence-corrected chi connectivity index (χ4v) is 1.96. The van der Waals surface area contributed by atoms with Crippen LogP contribution >= 0.6 is 0 Å². The second kappa shape index (κ2) is 8.88. The third kappa shape index (κ3) is 6.11. The van der Waals surface area contributed by atoms with Crippen LogP contribution < -0.4 is 5.32 Å². The van der Waals surface area contributed by atoms with E-state index in [0.29, 0.717) is 0 Å². The van der Waals surface area contributed by atoms with E-state index in [1.165, 1.54) is 13.0 Å². The van der Waals surface area contributed by atoms with Gasteiger partial charge in [-0.05, 0) is 30.7 Å². The molecule has 0 spiro atoms. The van der Waals surface area contributed by atoms with Crippen molar-refractivity contribution in [3.05, 3.63) is 63.2 Å². The molecule has 0 aliphatic heterocycles. The van der Waals surface area contributed by atoms with Crippen LogP contribution in [0.3, 0.4) is 0 Å². The normalized spacial score (nSPS) is 13.2. The average Bonchev–Trinajstić information content (AvgIpc) is 2.54. The lowest BCUT2D eigenvalue weighted by molar-refractivity contribution is -0.430. The molecule has 1 rings (SSSR count). The highest BCUT2D eigenvalue weighted by Crippen LogP contribution is 2.30. The first-order valence-electron chi connectivity index (χ1n) is 7.49. The van der Waals surface area contributed by atoms with Gasteiger partial charge in [-0.2, -0.15) is 13.2 Å². The number of nitrogens with one attached hydrogen (secondary N) is 1. The Kier molecular flexibility index (Phi) is 7.17. The summed E-state index contributed by atoms with van der Waals surface area (Å²) in [5, 5.41) is 32.1. The highest BCUT2D eigenvalue weighted by atomic mass is 19.4. The molecule has 3 N–H and O–H groups in total. The van der Waals surface area contributed by atoms with E-state index in [9.17, 15) is 38.3 Å². The Labute approximate surface area is 146 Å². The first-order chi connectivity index (χ1) is 12.1. The van der Waals surface area contributed by atoms with E-state index in [0.717, 1.165) is 24.3 Å². The molecule has 1 aromatic rings. The lowest BCUT2D eigenvalue weighted by atomic mass is 10.2. The van der Waals surface area contributed by atoms with Gasteiger partial charge in [0.05, 0.1) is 10.5 Å². The number of aliphatic hydroxyl groups is 2. The van der Waals surface area contributed by atoms with Gasteiger partial charge in [0.2, 0.25) is 11.7 Å². The first kappa shape index (κ1) is 21.0. The Morgan fingerprint density at radius 2 is 2.00 bits per heavy atom. The molecule has 10 heteroatoms. The summed E-state index contributed by atoms with van der Waals surface area (Å²) in [6, 6.07) is 4.09. The molecule has 1 amide bonds. The maximum atomic E-state index is 12.6. The average molecular weight is 374 g/mol. The number of rotatable bonds is 7. The van der Waals surface area contributed by atoms with Crippen molar-refractivity contribution in [2.24, 2.45) is 0 Å². The summed E-state index contributed by atoms with van der Waals surface area (Å²) < 4.78 is 37.8. The van der Waals surface area contributed by atoms with E-state index in [-0.39, 0.29) is 24.9 Å². The number of benzene rings is 1. The van der Waals surface area contributed by atoms with E-state index in [1.54, 1.807) is 0 Å². The van der Waals surface area contributed by atoms with Crippen LogP contribution in [-0.4, -0.2) is 21.0 Å². The summed E-state index contributed by atoms with van der Waals surface area (Å²) in [7, 11) is 0. The second-order valence-electron chi connectivity index (χ2n) is 5.16. The standard InChI is InChI=1S/C16H17F3N2O5/c1-2-12(21(25)26)15(24)13(22)7-4-8-14(23)20-11-6-3-5-10(9-11)16(17,18)19/h3,5-7,9,22,24H,2,4,8H2,1H3,(H,20,23)/b13-7+,15-12-. The van der Waals surface area contributed by atoms with Gasteiger partial charge in [-0.25, -0.2) is 0 Å². The van der Waals surface area contributed by atoms with Crippen LogP contribution in [0.1, 0.15) is 31.7 Å². The van der Waals surface area contributed by atoms with Crippen molar-refractivity contribution in [1.29, 1.82) is 0 Å². The predicted octanol–water partition coefficient (Wildman–Crippen LogP) is 4.32. The van der Waals surface area contributed by atoms with Crippen molar-refractivity contribution in [3.8, 4) is 0 Å². The molecule has 7 nitrogen and oxygen atoms in total. The van der Waals surface area contributed by atoms with Crippen molar-refractivity contribution in [2.75, 3.05) is 5.32 Å². The summed E-state index contributed by atoms with van der Waals surface area (Å²) in [6.45, 7) is 1.42. The number of alkyl halides is 3. The summed E-state index contributed by atoms with van der Waals surface area (Å²) in [5.74, 6) is -2.26. The molecule has 0 radical (unpaired) electrons. The number of carbonyl (C=O) groups is 1. The SMILES string of the molecule is CC/C(=C(O)\C(O)=C/CCC(=O)Nc1cccc(C(F)(F)F)c1)[N+](=O)[O-]. The van der Waals surface area contributed by atoms with E-state index >= 15 is 0 Å². The molecule has 0 aliphatic carbocycles. The van der Waals surface area contributed by atoms with E-state index in [1.807, 2.05) is 0 Å². The van der Waals surface area contributed by atoms with Gasteiger partial charge in [-0.1, -0.05) is 13.0 Å². The number of hydrogen-bond donors (Lipinski definition) is 3. The molecule has 0 aromatic heterocycles. The van der Waals surface area contributed by atoms with Crippen LogP contribution in [0.2, 0.25) is 0 Å². The Morgan fingerprint density at radius 3 is 2.54 bits per heavy atom. The van der Waals surface area contributed by atoms with Crippen LogP contribution in [-0.2, 0) is 11.0 Å². The molecule has 0 aliphatic rings. The summed E-state index contributed by atoms with van der Waals surface area (Å²) >= 11 is 0. The highest BCUT2D eigenvalue weighted by molar-refractivity contribution is 5.90. The van der Waals surface area contributed by atoms with Crippen LogP contribution in [0.4, 0.5) is 18.9 Å². The molecule has 1 aromatic carbocycles. The van der Waals surface area contributed by atoms with Crippen LogP contribution in [0.15, 0.2) is 47.6 Å². The van der Waals surface area contributed by atoms with Crippen LogP contribution in [0.5, 0.6) is 0 Å². The Balaban J connectivity index is 2.69. The van der Waals surface area contributed by atoms with E-state index < -0.39 is 39.8 Å². The number of anilines is 1. The zero-order chi connectivity index (χ0) is 19.9. The maximum absolute atomic E-state index is 12.6. The van der Waals surface area contributed by atoms with Gasteiger partial charge in [0.25, 0.3) is 5.70 Å². The number of amides is 1. The molecule has 0 bridgehead atoms. The monoisotopic (exact) mass is 374 g/mol. The molecule has 0 saturated heterocycles. The molecule has 0 saturated carbocycles. The summed E-state index contributed by atoms with van der Waals surface area (Å²) in [5.41, 5.74) is -1.52. The van der Waals surface area contributed by atoms with Gasteiger partial charge in [-0.3, -0.25) is 14.9 Å². The summed E-state index contributed by atoms with van der Waals surface area (Å²) in [4.78, 5) is 21.6. The number of nitro groups is 1. The molecule has 0 heterocycles. The third-order valence-electron chi connectivity index (χ3n) is 3.25. The molecule has 26 heavy (non-hydrogen) atoms. The van der Waals surface area contributed by atoms with E-state index in [4.69, 9.17) is 0 Å². The number of halogens is 3. The maximum Gasteiger partial charge on any atom is 0.416 e. The fourth-order valence-electron chi connectivity index (χ4n) is 1.96. The van der Waals surface area contributed by atoms with Crippen molar-refractivity contribution in [2.45, 2.75) is 32.4 Å². The van der Waals surface area contributed by atoms with Gasteiger partial charge < -0.3 is 15.5 Å². The zero-order valence-corrected chi connectivity index (χ0v) is 13.7. The third-order valence-corrected chi connectivity index (χ3v) is 3.25. The minimum absolute atomic E-state index is 0.0395. The van der Waals surface area contributed by atoms with Gasteiger partial charge in [0.1, 0.15) is 0 Å². The van der Waals surface area contributed by atoms with Crippen molar-refractivity contribution >= 4 is 11.6 Å². The van der Waals surface area contributed by atoms with Crippen molar-refractivity contribution < 1.29 is 33.1 Å². The smallest absolute Gasteiger partial charge is 0.416 e. The quantitative estimate of drug-likeness (QED) is 0.285. The molecule has 0 fully saturated rings. The molecular formula is C16H17F3N2O5. The number of allylic oxidation sites excluding steroid dienone is 2. The molecule has 142 valence electrons. The Hall–Kier alpha value is -3.04. The first-order valence-corrected chi connectivity index (χ1v) is 7.49. The highest BCUT2D eigenvalue weighted by Gasteiger charge is 2.30. The number of nitrogens with zero attached hydrogens (tertiary/aromatic N) is 1. The Bertz CT molecular complexity index is 742. The predicted molar refractivity (Wildman–Crippen MR) is 87.0 cm³/mol. The lowest BCUT2D eigenvalue weighted by Gasteiger charge is -2.09. The van der Waals surface area contributed by atoms with Gasteiger partial charge >= 0.3 is 6.18 Å². The van der Waals surface area contributed by atoms with Crippen molar-refractivity contribution in [1.82, 2.24) is 0 Å². The van der Waals surface area contributed by atoms with Gasteiger partial charge in [-0.15, -0.1) is 0 Å². The molecule has 0 unspecified atom stereocenters. The number of aliphatic hydroxyl groups excluding tert-OH is 2. The minimum atomic E-state index is -4.53. The number of carbonyl (C=O) groups excluding carboxylic acids is 1. The second-order valence-corrected chi connectivity index (χ2v) is 5.16. The van der Waals surface area contributed by atoms with Crippen molar-refractivity contribution in [3.63, 3.8) is 0 Å². The van der Waals surface area contributed by atoms with Gasteiger partial charge in [0, 0.05) is 18.5 Å². The fraction of sp³-hybridized carbons (Fsp3) is 0.312. The number of hydrogen-bond acceptors (Lipinski definition) is 5. The van der Waals surface area contributed by atoms with E-state index in [2.05, 4.69) is 5.32 Å².